The molecule has 0 N–H and O–H groups in total. The summed E-state index contributed by atoms with van der Waals surface area (Å²) < 4.78 is 1.92. The van der Waals surface area contributed by atoms with Crippen LogP contribution in [0.2, 0.25) is 0 Å². The Hall–Kier alpha value is -2.96. The Balaban J connectivity index is 1.67. The van der Waals surface area contributed by atoms with E-state index in [4.69, 9.17) is 0 Å². The first-order chi connectivity index (χ1) is 12.0. The minimum atomic E-state index is -0.0718. The number of hydrogen-bond donors (Lipinski definition) is 0. The first-order valence-corrected chi connectivity index (χ1v) is 8.28. The Kier molecular flexibility index (Phi) is 3.63. The Morgan fingerprint density at radius 2 is 2.04 bits per heavy atom. The summed E-state index contributed by atoms with van der Waals surface area (Å²) in [4.78, 5) is 20.4. The van der Waals surface area contributed by atoms with Gasteiger partial charge in [-0.25, -0.2) is 0 Å². The Morgan fingerprint density at radius 3 is 2.88 bits per heavy atom. The van der Waals surface area contributed by atoms with Gasteiger partial charge in [0.05, 0.1) is 12.1 Å². The van der Waals surface area contributed by atoms with E-state index in [9.17, 15) is 4.79 Å². The third kappa shape index (κ3) is 2.61. The number of fused-ring (bicyclic) bond motifs is 2. The lowest BCUT2D eigenvalue weighted by atomic mass is 10.1. The van der Waals surface area contributed by atoms with Gasteiger partial charge in [-0.05, 0) is 24.6 Å². The molecule has 3 aromatic rings. The van der Waals surface area contributed by atoms with Crippen molar-refractivity contribution in [3.8, 4) is 0 Å². The first-order valence-electron chi connectivity index (χ1n) is 8.28. The van der Waals surface area contributed by atoms with Gasteiger partial charge < -0.3 is 14.4 Å². The zero-order chi connectivity index (χ0) is 17.6. The van der Waals surface area contributed by atoms with Crippen LogP contribution in [-0.2, 0) is 13.1 Å². The molecule has 2 aromatic heterocycles. The van der Waals surface area contributed by atoms with Gasteiger partial charge >= 0.3 is 0 Å². The molecule has 0 bridgehead atoms. The molecule has 1 aromatic carbocycles. The summed E-state index contributed by atoms with van der Waals surface area (Å²) in [5, 5.41) is 9.44. The smallest absolute Gasteiger partial charge is 0.291 e. The van der Waals surface area contributed by atoms with Crippen LogP contribution in [0, 0.1) is 6.92 Å². The van der Waals surface area contributed by atoms with Crippen LogP contribution in [0.25, 0.3) is 10.9 Å². The van der Waals surface area contributed by atoms with Gasteiger partial charge in [-0.2, -0.15) is 0 Å². The molecule has 0 saturated heterocycles. The number of carbonyl (C=O) groups is 1. The lowest BCUT2D eigenvalue weighted by molar-refractivity contribution is 0.0740. The van der Waals surface area contributed by atoms with Crippen LogP contribution in [0.4, 0.5) is 5.69 Å². The molecule has 0 unspecified atom stereocenters. The molecule has 0 saturated carbocycles. The predicted octanol–water partition coefficient (Wildman–Crippen LogP) is 1.86. The summed E-state index contributed by atoms with van der Waals surface area (Å²) in [7, 11) is 3.81. The van der Waals surface area contributed by atoms with Gasteiger partial charge in [0, 0.05) is 44.5 Å². The van der Waals surface area contributed by atoms with Crippen LogP contribution in [0.1, 0.15) is 22.0 Å². The quantitative estimate of drug-likeness (QED) is 0.730. The molecule has 0 fully saturated rings. The summed E-state index contributed by atoms with van der Waals surface area (Å²) in [5.41, 5.74) is 3.25. The van der Waals surface area contributed by atoms with Crippen molar-refractivity contribution < 1.29 is 4.79 Å². The first kappa shape index (κ1) is 15.6. The lowest BCUT2D eigenvalue weighted by Gasteiger charge is -2.25. The van der Waals surface area contributed by atoms with E-state index in [1.807, 2.05) is 23.9 Å². The molecule has 7 heteroatoms. The SMILES string of the molecule is Cc1ccc2c(N(C)Cc3nnc4n3CCN(C)C4=O)ccnc2c1. The van der Waals surface area contributed by atoms with E-state index in [0.29, 0.717) is 18.9 Å². The fourth-order valence-corrected chi connectivity index (χ4v) is 3.24. The van der Waals surface area contributed by atoms with E-state index in [-0.39, 0.29) is 5.91 Å². The number of benzene rings is 1. The number of anilines is 1. The molecule has 25 heavy (non-hydrogen) atoms. The standard InChI is InChI=1S/C18H20N6O/c1-12-4-5-13-14(10-12)19-7-6-15(13)23(3)11-16-20-21-17-18(25)22(2)8-9-24(16)17/h4-7,10H,8-9,11H2,1-3H3. The van der Waals surface area contributed by atoms with E-state index in [2.05, 4.69) is 45.2 Å². The highest BCUT2D eigenvalue weighted by Gasteiger charge is 2.26. The molecule has 1 aliphatic heterocycles. The molecular formula is C18H20N6O. The number of rotatable bonds is 3. The van der Waals surface area contributed by atoms with Crippen molar-refractivity contribution in [3.05, 3.63) is 47.7 Å². The van der Waals surface area contributed by atoms with Crippen molar-refractivity contribution in [3.63, 3.8) is 0 Å². The summed E-state index contributed by atoms with van der Waals surface area (Å²) in [6, 6.07) is 8.28. The number of amides is 1. The second-order valence-electron chi connectivity index (χ2n) is 6.52. The summed E-state index contributed by atoms with van der Waals surface area (Å²) in [6.07, 6.45) is 1.82. The topological polar surface area (TPSA) is 67.2 Å². The van der Waals surface area contributed by atoms with Crippen molar-refractivity contribution in [1.29, 1.82) is 0 Å². The molecule has 0 radical (unpaired) electrons. The predicted molar refractivity (Wildman–Crippen MR) is 95.6 cm³/mol. The van der Waals surface area contributed by atoms with Gasteiger partial charge in [0.25, 0.3) is 5.91 Å². The third-order valence-electron chi connectivity index (χ3n) is 4.69. The number of aryl methyl sites for hydroxylation is 1. The number of hydrogen-bond acceptors (Lipinski definition) is 5. The number of carbonyl (C=O) groups excluding carboxylic acids is 1. The number of nitrogens with zero attached hydrogens (tertiary/aromatic N) is 6. The van der Waals surface area contributed by atoms with Crippen LogP contribution in [0.3, 0.4) is 0 Å². The molecule has 7 nitrogen and oxygen atoms in total. The van der Waals surface area contributed by atoms with Gasteiger partial charge in [-0.15, -0.1) is 10.2 Å². The molecule has 0 atom stereocenters. The largest absolute Gasteiger partial charge is 0.366 e. The zero-order valence-corrected chi connectivity index (χ0v) is 14.6. The van der Waals surface area contributed by atoms with E-state index < -0.39 is 0 Å². The maximum Gasteiger partial charge on any atom is 0.291 e. The third-order valence-corrected chi connectivity index (χ3v) is 4.69. The van der Waals surface area contributed by atoms with Crippen LogP contribution in [0.5, 0.6) is 0 Å². The molecule has 3 heterocycles. The number of pyridine rings is 1. The van der Waals surface area contributed by atoms with Gasteiger partial charge in [-0.3, -0.25) is 9.78 Å². The van der Waals surface area contributed by atoms with Gasteiger partial charge in [0.15, 0.2) is 5.82 Å². The van der Waals surface area contributed by atoms with Crippen molar-refractivity contribution >= 4 is 22.5 Å². The van der Waals surface area contributed by atoms with Gasteiger partial charge in [-0.1, -0.05) is 12.1 Å². The average Bonchev–Trinajstić information content (AvgIpc) is 3.00. The molecular weight excluding hydrogens is 316 g/mol. The Bertz CT molecular complexity index is 963. The second-order valence-corrected chi connectivity index (χ2v) is 6.52. The van der Waals surface area contributed by atoms with E-state index in [0.717, 1.165) is 29.0 Å². The molecule has 1 aliphatic rings. The van der Waals surface area contributed by atoms with Crippen LogP contribution in [-0.4, -0.2) is 51.2 Å². The molecule has 0 spiro atoms. The summed E-state index contributed by atoms with van der Waals surface area (Å²) >= 11 is 0. The van der Waals surface area contributed by atoms with Gasteiger partial charge in [0.1, 0.15) is 0 Å². The normalized spacial score (nSPS) is 14.0. The number of likely N-dealkylation sites (N-methyl/N-ethyl adjacent to an activating group) is 1. The van der Waals surface area contributed by atoms with Crippen LogP contribution < -0.4 is 4.90 Å². The summed E-state index contributed by atoms with van der Waals surface area (Å²) in [5.74, 6) is 1.15. The average molecular weight is 336 g/mol. The fraction of sp³-hybridized carbons (Fsp3) is 0.333. The minimum absolute atomic E-state index is 0.0718. The summed E-state index contributed by atoms with van der Waals surface area (Å²) in [6.45, 7) is 4.05. The van der Waals surface area contributed by atoms with Crippen LogP contribution in [0.15, 0.2) is 30.5 Å². The molecule has 128 valence electrons. The molecule has 1 amide bonds. The minimum Gasteiger partial charge on any atom is -0.366 e. The molecule has 4 rings (SSSR count). The highest BCUT2D eigenvalue weighted by Crippen LogP contribution is 2.26. The van der Waals surface area contributed by atoms with E-state index >= 15 is 0 Å². The molecule has 0 aliphatic carbocycles. The van der Waals surface area contributed by atoms with E-state index in [1.54, 1.807) is 11.9 Å². The second kappa shape index (κ2) is 5.84. The van der Waals surface area contributed by atoms with Crippen LogP contribution >= 0.6 is 0 Å². The Labute approximate surface area is 145 Å². The monoisotopic (exact) mass is 336 g/mol. The maximum atomic E-state index is 12.2. The highest BCUT2D eigenvalue weighted by atomic mass is 16.2. The van der Waals surface area contributed by atoms with Crippen molar-refractivity contribution in [2.45, 2.75) is 20.0 Å². The van der Waals surface area contributed by atoms with Crippen molar-refractivity contribution in [1.82, 2.24) is 24.6 Å². The zero-order valence-electron chi connectivity index (χ0n) is 14.6. The van der Waals surface area contributed by atoms with Gasteiger partial charge in [0.2, 0.25) is 5.82 Å². The van der Waals surface area contributed by atoms with Crippen molar-refractivity contribution in [2.24, 2.45) is 0 Å². The van der Waals surface area contributed by atoms with E-state index in [1.165, 1.54) is 5.56 Å². The maximum absolute atomic E-state index is 12.2. The lowest BCUT2D eigenvalue weighted by Crippen LogP contribution is -2.38. The number of aromatic nitrogens is 4. The highest BCUT2D eigenvalue weighted by molar-refractivity contribution is 5.92. The van der Waals surface area contributed by atoms with Crippen molar-refractivity contribution in [2.75, 3.05) is 25.5 Å². The Morgan fingerprint density at radius 1 is 1.20 bits per heavy atom. The fourth-order valence-electron chi connectivity index (χ4n) is 3.24.